The zero-order valence-corrected chi connectivity index (χ0v) is 13.2. The number of carbonyl (C=O) groups excluding carboxylic acids is 1. The Morgan fingerprint density at radius 3 is 2.45 bits per heavy atom. The highest BCUT2D eigenvalue weighted by atomic mass is 16.6. The molecule has 0 fully saturated rings. The summed E-state index contributed by atoms with van der Waals surface area (Å²) in [6.07, 6.45) is 1.63. The van der Waals surface area contributed by atoms with Crippen molar-refractivity contribution in [2.45, 2.75) is 46.6 Å². The van der Waals surface area contributed by atoms with E-state index in [-0.39, 0.29) is 17.5 Å². The summed E-state index contributed by atoms with van der Waals surface area (Å²) in [7, 11) is 1.62. The molecule has 0 aliphatic rings. The van der Waals surface area contributed by atoms with Crippen molar-refractivity contribution in [2.24, 2.45) is 5.41 Å². The lowest BCUT2D eigenvalue weighted by Crippen LogP contribution is -2.35. The standard InChI is InChI=1S/C17H26O3/c1-6-9-13-10-7-8-11-14(13)16(18)20-15(12-19-5)17(2,3)4/h7-8,10-11,15H,6,9,12H2,1-5H3. The molecular formula is C17H26O3. The quantitative estimate of drug-likeness (QED) is 0.741. The van der Waals surface area contributed by atoms with Gasteiger partial charge >= 0.3 is 5.97 Å². The van der Waals surface area contributed by atoms with Gasteiger partial charge in [0, 0.05) is 12.5 Å². The van der Waals surface area contributed by atoms with Crippen molar-refractivity contribution in [2.75, 3.05) is 13.7 Å². The van der Waals surface area contributed by atoms with Gasteiger partial charge in [-0.2, -0.15) is 0 Å². The van der Waals surface area contributed by atoms with E-state index in [0.29, 0.717) is 12.2 Å². The molecule has 1 unspecified atom stereocenters. The molecule has 3 heteroatoms. The van der Waals surface area contributed by atoms with Crippen LogP contribution in [0.3, 0.4) is 0 Å². The zero-order chi connectivity index (χ0) is 15.2. The lowest BCUT2D eigenvalue weighted by Gasteiger charge is -2.29. The Kier molecular flexibility index (Phi) is 6.21. The first kappa shape index (κ1) is 16.7. The van der Waals surface area contributed by atoms with E-state index in [9.17, 15) is 4.79 Å². The van der Waals surface area contributed by atoms with Gasteiger partial charge in [0.2, 0.25) is 0 Å². The van der Waals surface area contributed by atoms with E-state index in [1.54, 1.807) is 7.11 Å². The summed E-state index contributed by atoms with van der Waals surface area (Å²) >= 11 is 0. The van der Waals surface area contributed by atoms with Crippen LogP contribution in [0, 0.1) is 5.41 Å². The number of benzene rings is 1. The van der Waals surface area contributed by atoms with Gasteiger partial charge in [-0.1, -0.05) is 52.3 Å². The van der Waals surface area contributed by atoms with Gasteiger partial charge in [-0.05, 0) is 18.1 Å². The van der Waals surface area contributed by atoms with Gasteiger partial charge in [0.1, 0.15) is 6.10 Å². The normalized spacial score (nSPS) is 13.1. The van der Waals surface area contributed by atoms with Gasteiger partial charge in [0.25, 0.3) is 0 Å². The number of ether oxygens (including phenoxy) is 2. The van der Waals surface area contributed by atoms with Gasteiger partial charge in [0.15, 0.2) is 0 Å². The first-order valence-electron chi connectivity index (χ1n) is 7.18. The smallest absolute Gasteiger partial charge is 0.338 e. The Labute approximate surface area is 122 Å². The molecule has 1 rings (SSSR count). The predicted octanol–water partition coefficient (Wildman–Crippen LogP) is 3.86. The van der Waals surface area contributed by atoms with E-state index in [1.807, 2.05) is 45.0 Å². The number of hydrogen-bond acceptors (Lipinski definition) is 3. The third-order valence-electron chi connectivity index (χ3n) is 3.29. The van der Waals surface area contributed by atoms with Crippen LogP contribution < -0.4 is 0 Å². The van der Waals surface area contributed by atoms with E-state index in [2.05, 4.69) is 6.92 Å². The monoisotopic (exact) mass is 278 g/mol. The Morgan fingerprint density at radius 1 is 1.25 bits per heavy atom. The maximum absolute atomic E-state index is 12.4. The van der Waals surface area contributed by atoms with Crippen LogP contribution in [0.25, 0.3) is 0 Å². The molecule has 20 heavy (non-hydrogen) atoms. The van der Waals surface area contributed by atoms with E-state index in [0.717, 1.165) is 18.4 Å². The molecule has 0 saturated heterocycles. The number of aryl methyl sites for hydroxylation is 1. The number of carbonyl (C=O) groups is 1. The molecule has 112 valence electrons. The Bertz CT molecular complexity index is 432. The van der Waals surface area contributed by atoms with Crippen LogP contribution in [0.2, 0.25) is 0 Å². The molecular weight excluding hydrogens is 252 g/mol. The molecule has 0 spiro atoms. The topological polar surface area (TPSA) is 35.5 Å². The Balaban J connectivity index is 2.89. The number of rotatable bonds is 6. The fourth-order valence-corrected chi connectivity index (χ4v) is 2.01. The van der Waals surface area contributed by atoms with Crippen molar-refractivity contribution in [1.29, 1.82) is 0 Å². The number of hydrogen-bond donors (Lipinski definition) is 0. The predicted molar refractivity (Wildman–Crippen MR) is 81.0 cm³/mol. The molecule has 1 aromatic carbocycles. The van der Waals surface area contributed by atoms with E-state index in [1.165, 1.54) is 0 Å². The molecule has 0 heterocycles. The fraction of sp³-hybridized carbons (Fsp3) is 0.588. The molecule has 0 aromatic heterocycles. The Morgan fingerprint density at radius 2 is 1.90 bits per heavy atom. The summed E-state index contributed by atoms with van der Waals surface area (Å²) in [6.45, 7) is 8.64. The highest BCUT2D eigenvalue weighted by Crippen LogP contribution is 2.24. The average molecular weight is 278 g/mol. The summed E-state index contributed by atoms with van der Waals surface area (Å²) < 4.78 is 10.8. The third kappa shape index (κ3) is 4.64. The minimum absolute atomic E-state index is 0.147. The van der Waals surface area contributed by atoms with Crippen LogP contribution in [0.5, 0.6) is 0 Å². The summed E-state index contributed by atoms with van der Waals surface area (Å²) in [4.78, 5) is 12.4. The van der Waals surface area contributed by atoms with Crippen molar-refractivity contribution in [1.82, 2.24) is 0 Å². The van der Waals surface area contributed by atoms with E-state index >= 15 is 0 Å². The molecule has 0 aliphatic carbocycles. The van der Waals surface area contributed by atoms with Gasteiger partial charge in [-0.3, -0.25) is 0 Å². The second kappa shape index (κ2) is 7.44. The molecule has 0 radical (unpaired) electrons. The lowest BCUT2D eigenvalue weighted by molar-refractivity contribution is -0.0352. The largest absolute Gasteiger partial charge is 0.456 e. The number of methoxy groups -OCH3 is 1. The third-order valence-corrected chi connectivity index (χ3v) is 3.29. The first-order chi connectivity index (χ1) is 9.40. The van der Waals surface area contributed by atoms with Crippen LogP contribution in [0.4, 0.5) is 0 Å². The second-order valence-corrected chi connectivity index (χ2v) is 6.12. The minimum atomic E-state index is -0.258. The van der Waals surface area contributed by atoms with Crippen LogP contribution in [0.1, 0.15) is 50.0 Å². The molecule has 0 aliphatic heterocycles. The average Bonchev–Trinajstić information content (AvgIpc) is 2.38. The SMILES string of the molecule is CCCc1ccccc1C(=O)OC(COC)C(C)(C)C. The van der Waals surface area contributed by atoms with Crippen LogP contribution in [-0.2, 0) is 15.9 Å². The van der Waals surface area contributed by atoms with Crippen molar-refractivity contribution < 1.29 is 14.3 Å². The lowest BCUT2D eigenvalue weighted by atomic mass is 9.89. The fourth-order valence-electron chi connectivity index (χ4n) is 2.01. The molecule has 0 saturated carbocycles. The van der Waals surface area contributed by atoms with Crippen LogP contribution in [0.15, 0.2) is 24.3 Å². The summed E-state index contributed by atoms with van der Waals surface area (Å²) in [5, 5.41) is 0. The van der Waals surface area contributed by atoms with Crippen LogP contribution >= 0.6 is 0 Å². The van der Waals surface area contributed by atoms with Gasteiger partial charge < -0.3 is 9.47 Å². The molecule has 0 N–H and O–H groups in total. The molecule has 0 amide bonds. The highest BCUT2D eigenvalue weighted by molar-refractivity contribution is 5.91. The van der Waals surface area contributed by atoms with Crippen LogP contribution in [-0.4, -0.2) is 25.8 Å². The van der Waals surface area contributed by atoms with E-state index < -0.39 is 0 Å². The number of esters is 1. The summed E-state index contributed by atoms with van der Waals surface area (Å²) in [5.74, 6) is -0.258. The second-order valence-electron chi connectivity index (χ2n) is 6.12. The van der Waals surface area contributed by atoms with Crippen molar-refractivity contribution in [3.63, 3.8) is 0 Å². The molecule has 3 nitrogen and oxygen atoms in total. The van der Waals surface area contributed by atoms with Crippen molar-refractivity contribution >= 4 is 5.97 Å². The van der Waals surface area contributed by atoms with Crippen molar-refractivity contribution in [3.05, 3.63) is 35.4 Å². The van der Waals surface area contributed by atoms with Crippen molar-refractivity contribution in [3.8, 4) is 0 Å². The maximum Gasteiger partial charge on any atom is 0.338 e. The van der Waals surface area contributed by atoms with Gasteiger partial charge in [-0.25, -0.2) is 4.79 Å². The maximum atomic E-state index is 12.4. The van der Waals surface area contributed by atoms with Gasteiger partial charge in [-0.15, -0.1) is 0 Å². The van der Waals surface area contributed by atoms with E-state index in [4.69, 9.17) is 9.47 Å². The summed E-state index contributed by atoms with van der Waals surface area (Å²) in [6, 6.07) is 7.65. The molecule has 0 bridgehead atoms. The first-order valence-corrected chi connectivity index (χ1v) is 7.18. The highest BCUT2D eigenvalue weighted by Gasteiger charge is 2.29. The molecule has 1 aromatic rings. The summed E-state index contributed by atoms with van der Waals surface area (Å²) in [5.41, 5.74) is 1.57. The van der Waals surface area contributed by atoms with Gasteiger partial charge in [0.05, 0.1) is 12.2 Å². The minimum Gasteiger partial charge on any atom is -0.456 e. The molecule has 1 atom stereocenters. The zero-order valence-electron chi connectivity index (χ0n) is 13.2. The Hall–Kier alpha value is -1.35.